The zero-order valence-corrected chi connectivity index (χ0v) is 19.2. The van der Waals surface area contributed by atoms with Gasteiger partial charge in [-0.05, 0) is 43.0 Å². The van der Waals surface area contributed by atoms with E-state index in [1.54, 1.807) is 0 Å². The predicted molar refractivity (Wildman–Crippen MR) is 121 cm³/mol. The minimum absolute atomic E-state index is 0.0329. The molecule has 3 aromatic rings. The Morgan fingerprint density at radius 2 is 1.47 bits per heavy atom. The molecular weight excluding hydrogens is 484 g/mol. The lowest BCUT2D eigenvalue weighted by Gasteiger charge is -2.21. The third-order valence-electron chi connectivity index (χ3n) is 6.39. The average Bonchev–Trinajstić information content (AvgIpc) is 2.89. The zero-order chi connectivity index (χ0) is 25.8. The van der Waals surface area contributed by atoms with E-state index in [0.717, 1.165) is 32.1 Å². The highest BCUT2D eigenvalue weighted by atomic mass is 19.2. The number of nitrogens with one attached hydrogen (secondary N) is 1. The predicted octanol–water partition coefficient (Wildman–Crippen LogP) is 6.67. The van der Waals surface area contributed by atoms with Crippen LogP contribution in [0.25, 0.3) is 11.3 Å². The third-order valence-corrected chi connectivity index (χ3v) is 6.39. The third kappa shape index (κ3) is 5.68. The van der Waals surface area contributed by atoms with Crippen LogP contribution in [0, 0.1) is 40.8 Å². The highest BCUT2D eigenvalue weighted by Gasteiger charge is 2.27. The molecule has 4 nitrogen and oxygen atoms in total. The smallest absolute Gasteiger partial charge is 0.230 e. The summed E-state index contributed by atoms with van der Waals surface area (Å²) in [4.78, 5) is 21.4. The van der Waals surface area contributed by atoms with E-state index in [9.17, 15) is 31.1 Å². The van der Waals surface area contributed by atoms with Gasteiger partial charge in [0.2, 0.25) is 11.7 Å². The number of anilines is 1. The Bertz CT molecular complexity index is 1230. The van der Waals surface area contributed by atoms with Gasteiger partial charge < -0.3 is 5.32 Å². The molecule has 0 spiro atoms. The van der Waals surface area contributed by atoms with Crippen molar-refractivity contribution in [1.29, 1.82) is 0 Å². The van der Waals surface area contributed by atoms with Crippen LogP contribution < -0.4 is 5.32 Å². The topological polar surface area (TPSA) is 54.9 Å². The molecule has 1 aliphatic carbocycles. The highest BCUT2D eigenvalue weighted by Crippen LogP contribution is 2.29. The van der Waals surface area contributed by atoms with Crippen LogP contribution in [0.1, 0.15) is 49.8 Å². The van der Waals surface area contributed by atoms with Gasteiger partial charge >= 0.3 is 0 Å². The van der Waals surface area contributed by atoms with Gasteiger partial charge in [-0.1, -0.05) is 32.1 Å². The maximum atomic E-state index is 14.0. The van der Waals surface area contributed by atoms with E-state index in [0.29, 0.717) is 29.3 Å². The van der Waals surface area contributed by atoms with Crippen molar-refractivity contribution in [3.63, 3.8) is 0 Å². The van der Waals surface area contributed by atoms with Crippen LogP contribution in [0.2, 0.25) is 0 Å². The molecule has 1 N–H and O–H groups in total. The van der Waals surface area contributed by atoms with Gasteiger partial charge in [-0.2, -0.15) is 0 Å². The Labute approximate surface area is 203 Å². The molecular formula is C26H23F6N3O. The van der Waals surface area contributed by atoms with Crippen LogP contribution in [0.4, 0.5) is 32.2 Å². The Balaban J connectivity index is 1.58. The van der Waals surface area contributed by atoms with Crippen LogP contribution in [-0.2, 0) is 17.6 Å². The summed E-state index contributed by atoms with van der Waals surface area (Å²) in [5.74, 6) is -11.6. The van der Waals surface area contributed by atoms with Gasteiger partial charge in [0.25, 0.3) is 0 Å². The summed E-state index contributed by atoms with van der Waals surface area (Å²) in [5.41, 5.74) is 0.213. The molecule has 1 heterocycles. The maximum absolute atomic E-state index is 14.0. The number of halogens is 6. The number of rotatable bonds is 7. The van der Waals surface area contributed by atoms with Crippen LogP contribution in [-0.4, -0.2) is 15.9 Å². The van der Waals surface area contributed by atoms with E-state index in [1.807, 2.05) is 0 Å². The number of aryl methyl sites for hydroxylation is 1. The van der Waals surface area contributed by atoms with Crippen molar-refractivity contribution in [2.45, 2.75) is 51.4 Å². The minimum atomic E-state index is -2.29. The molecule has 0 unspecified atom stereocenters. The zero-order valence-electron chi connectivity index (χ0n) is 19.2. The van der Waals surface area contributed by atoms with Gasteiger partial charge in [-0.15, -0.1) is 0 Å². The van der Waals surface area contributed by atoms with Gasteiger partial charge in [-0.25, -0.2) is 36.3 Å². The molecule has 0 aliphatic heterocycles. The number of carbonyl (C=O) groups excluding carboxylic acids is 1. The first-order valence-corrected chi connectivity index (χ1v) is 11.7. The van der Waals surface area contributed by atoms with Crippen molar-refractivity contribution in [2.75, 3.05) is 5.32 Å². The van der Waals surface area contributed by atoms with Crippen LogP contribution >= 0.6 is 0 Å². The molecule has 1 aromatic heterocycles. The second-order valence-electron chi connectivity index (χ2n) is 8.87. The second kappa shape index (κ2) is 11.1. The summed E-state index contributed by atoms with van der Waals surface area (Å²) in [6.45, 7) is 0. The molecule has 1 fully saturated rings. The Morgan fingerprint density at radius 1 is 0.861 bits per heavy atom. The fourth-order valence-corrected chi connectivity index (χ4v) is 4.42. The molecule has 1 amide bonds. The number of benzene rings is 2. The number of amides is 1. The maximum Gasteiger partial charge on any atom is 0.230 e. The lowest BCUT2D eigenvalue weighted by Crippen LogP contribution is -2.20. The van der Waals surface area contributed by atoms with Crippen molar-refractivity contribution >= 4 is 11.7 Å². The van der Waals surface area contributed by atoms with Gasteiger partial charge in [0.1, 0.15) is 5.82 Å². The molecule has 1 saturated carbocycles. The SMILES string of the molecule is O=C(Cc1c(F)c(F)c(F)c(F)c1F)Nc1ncc(-c2ccc(F)cc2)nc1CCC1CCCCC1. The Kier molecular flexibility index (Phi) is 7.91. The van der Waals surface area contributed by atoms with E-state index < -0.39 is 52.8 Å². The number of nitrogens with zero attached hydrogens (tertiary/aromatic N) is 2. The Morgan fingerprint density at radius 3 is 2.11 bits per heavy atom. The average molecular weight is 507 g/mol. The van der Waals surface area contributed by atoms with E-state index in [1.165, 1.54) is 36.9 Å². The van der Waals surface area contributed by atoms with Crippen molar-refractivity contribution in [3.8, 4) is 11.3 Å². The first-order valence-electron chi connectivity index (χ1n) is 11.7. The molecule has 1 aliphatic rings. The fourth-order valence-electron chi connectivity index (χ4n) is 4.42. The molecule has 10 heteroatoms. The quantitative estimate of drug-likeness (QED) is 0.221. The first kappa shape index (κ1) is 25.7. The molecule has 36 heavy (non-hydrogen) atoms. The van der Waals surface area contributed by atoms with E-state index in [-0.39, 0.29) is 5.82 Å². The lowest BCUT2D eigenvalue weighted by atomic mass is 9.86. The Hall–Kier alpha value is -3.43. The number of carbonyl (C=O) groups is 1. The van der Waals surface area contributed by atoms with E-state index >= 15 is 0 Å². The molecule has 0 saturated heterocycles. The number of hydrogen-bond acceptors (Lipinski definition) is 3. The molecule has 0 bridgehead atoms. The van der Waals surface area contributed by atoms with Crippen LogP contribution in [0.5, 0.6) is 0 Å². The second-order valence-corrected chi connectivity index (χ2v) is 8.87. The lowest BCUT2D eigenvalue weighted by molar-refractivity contribution is -0.115. The summed E-state index contributed by atoms with van der Waals surface area (Å²) < 4.78 is 81.7. The van der Waals surface area contributed by atoms with Gasteiger partial charge in [-0.3, -0.25) is 4.79 Å². The summed E-state index contributed by atoms with van der Waals surface area (Å²) in [5, 5.41) is 2.40. The summed E-state index contributed by atoms with van der Waals surface area (Å²) in [6, 6.07) is 5.62. The van der Waals surface area contributed by atoms with Crippen molar-refractivity contribution in [2.24, 2.45) is 5.92 Å². The summed E-state index contributed by atoms with van der Waals surface area (Å²) in [7, 11) is 0. The molecule has 0 radical (unpaired) electrons. The summed E-state index contributed by atoms with van der Waals surface area (Å²) >= 11 is 0. The molecule has 190 valence electrons. The molecule has 0 atom stereocenters. The van der Waals surface area contributed by atoms with Gasteiger partial charge in [0, 0.05) is 11.1 Å². The van der Waals surface area contributed by atoms with Crippen molar-refractivity contribution in [3.05, 3.63) is 76.6 Å². The van der Waals surface area contributed by atoms with Crippen LogP contribution in [0.15, 0.2) is 30.5 Å². The monoisotopic (exact) mass is 507 g/mol. The first-order chi connectivity index (χ1) is 17.2. The fraction of sp³-hybridized carbons (Fsp3) is 0.346. The van der Waals surface area contributed by atoms with E-state index in [2.05, 4.69) is 15.3 Å². The number of aromatic nitrogens is 2. The van der Waals surface area contributed by atoms with E-state index in [4.69, 9.17) is 0 Å². The highest BCUT2D eigenvalue weighted by molar-refractivity contribution is 5.92. The molecule has 4 rings (SSSR count). The minimum Gasteiger partial charge on any atom is -0.309 e. The van der Waals surface area contributed by atoms with Crippen molar-refractivity contribution < 1.29 is 31.1 Å². The van der Waals surface area contributed by atoms with Gasteiger partial charge in [0.15, 0.2) is 29.1 Å². The number of hydrogen-bond donors (Lipinski definition) is 1. The van der Waals surface area contributed by atoms with Gasteiger partial charge in [0.05, 0.1) is 24.0 Å². The van der Waals surface area contributed by atoms with Crippen molar-refractivity contribution in [1.82, 2.24) is 9.97 Å². The normalized spacial score (nSPS) is 14.2. The standard InChI is InChI=1S/C26H23F6N3O/c27-16-9-7-15(8-10-16)19-13-33-26(18(34-19)11-6-14-4-2-1-3-5-14)35-20(36)12-17-21(28)23(30)25(32)24(31)22(17)29/h7-10,13-14H,1-6,11-12H2,(H,33,35,36). The molecule has 2 aromatic carbocycles. The summed E-state index contributed by atoms with van der Waals surface area (Å²) in [6.07, 6.45) is 7.11. The van der Waals surface area contributed by atoms with Crippen LogP contribution in [0.3, 0.4) is 0 Å². The largest absolute Gasteiger partial charge is 0.309 e.